The SMILES string of the molecule is Cc1cc(C)n(CC2CN(C(=O)C3CC4CCCC(C3)C4N)CCO2)n1.Cl.Cl. The van der Waals surface area contributed by atoms with Gasteiger partial charge in [-0.25, -0.2) is 0 Å². The van der Waals surface area contributed by atoms with Crippen molar-refractivity contribution >= 4 is 30.7 Å². The molecule has 3 unspecified atom stereocenters. The van der Waals surface area contributed by atoms with Crippen molar-refractivity contribution in [3.8, 4) is 0 Å². The van der Waals surface area contributed by atoms with E-state index in [1.54, 1.807) is 0 Å². The highest BCUT2D eigenvalue weighted by atomic mass is 35.5. The van der Waals surface area contributed by atoms with E-state index in [2.05, 4.69) is 18.1 Å². The summed E-state index contributed by atoms with van der Waals surface area (Å²) in [5, 5.41) is 4.53. The number of nitrogens with two attached hydrogens (primary N) is 1. The first-order valence-corrected chi connectivity index (χ1v) is 10.2. The number of aryl methyl sites for hydroxylation is 2. The molecule has 0 radical (unpaired) electrons. The number of nitrogens with zero attached hydrogens (tertiary/aromatic N) is 3. The fourth-order valence-electron chi connectivity index (χ4n) is 5.33. The standard InChI is InChI=1S/C20H32N4O2.2ClH/c1-13-8-14(2)24(22-13)12-18-11-23(6-7-26-18)20(25)17-9-15-4-3-5-16(10-17)19(15)21;;/h8,15-19H,3-7,9-12,21H2,1-2H3;2*1H. The lowest BCUT2D eigenvalue weighted by molar-refractivity contribution is -0.146. The second kappa shape index (κ2) is 9.79. The van der Waals surface area contributed by atoms with Crippen molar-refractivity contribution in [2.75, 3.05) is 19.7 Å². The molecule has 3 aliphatic rings. The molecule has 0 spiro atoms. The molecule has 1 aromatic rings. The smallest absolute Gasteiger partial charge is 0.225 e. The van der Waals surface area contributed by atoms with Crippen LogP contribution >= 0.6 is 24.8 Å². The predicted octanol–water partition coefficient (Wildman–Crippen LogP) is 2.72. The number of aromatic nitrogens is 2. The normalized spacial score (nSPS) is 32.2. The van der Waals surface area contributed by atoms with Gasteiger partial charge >= 0.3 is 0 Å². The third kappa shape index (κ3) is 4.84. The Morgan fingerprint density at radius 3 is 2.54 bits per heavy atom. The zero-order valence-electron chi connectivity index (χ0n) is 16.9. The average molecular weight is 433 g/mol. The van der Waals surface area contributed by atoms with Crippen LogP contribution in [0.2, 0.25) is 0 Å². The highest BCUT2D eigenvalue weighted by molar-refractivity contribution is 5.85. The molecule has 28 heavy (non-hydrogen) atoms. The number of hydrogen-bond acceptors (Lipinski definition) is 4. The first-order valence-electron chi connectivity index (χ1n) is 10.2. The Kier molecular flexibility index (Phi) is 8.20. The van der Waals surface area contributed by atoms with Gasteiger partial charge in [0.2, 0.25) is 5.91 Å². The molecule has 1 saturated heterocycles. The van der Waals surface area contributed by atoms with Crippen LogP contribution in [0.4, 0.5) is 0 Å². The van der Waals surface area contributed by atoms with Gasteiger partial charge in [-0.2, -0.15) is 5.10 Å². The van der Waals surface area contributed by atoms with Crippen LogP contribution < -0.4 is 5.73 Å². The van der Waals surface area contributed by atoms with Gasteiger partial charge < -0.3 is 15.4 Å². The summed E-state index contributed by atoms with van der Waals surface area (Å²) in [6.45, 7) is 6.79. The van der Waals surface area contributed by atoms with Crippen molar-refractivity contribution in [3.63, 3.8) is 0 Å². The summed E-state index contributed by atoms with van der Waals surface area (Å²) in [4.78, 5) is 15.2. The number of morpholine rings is 1. The van der Waals surface area contributed by atoms with Gasteiger partial charge in [0.1, 0.15) is 0 Å². The van der Waals surface area contributed by atoms with Gasteiger partial charge in [0.15, 0.2) is 0 Å². The zero-order valence-corrected chi connectivity index (χ0v) is 18.5. The van der Waals surface area contributed by atoms with Crippen molar-refractivity contribution in [1.82, 2.24) is 14.7 Å². The molecule has 4 rings (SSSR count). The maximum absolute atomic E-state index is 13.2. The molecular formula is C20H34Cl2N4O2. The predicted molar refractivity (Wildman–Crippen MR) is 114 cm³/mol. The van der Waals surface area contributed by atoms with Crippen LogP contribution in [-0.2, 0) is 16.1 Å². The van der Waals surface area contributed by atoms with Crippen LogP contribution in [0.15, 0.2) is 6.07 Å². The Morgan fingerprint density at radius 1 is 1.25 bits per heavy atom. The molecule has 2 bridgehead atoms. The average Bonchev–Trinajstić information content (AvgIpc) is 2.91. The molecule has 1 amide bonds. The van der Waals surface area contributed by atoms with E-state index in [1.165, 1.54) is 19.3 Å². The summed E-state index contributed by atoms with van der Waals surface area (Å²) in [5.41, 5.74) is 8.56. The molecule has 2 heterocycles. The van der Waals surface area contributed by atoms with Crippen molar-refractivity contribution in [2.24, 2.45) is 23.5 Å². The molecule has 2 N–H and O–H groups in total. The van der Waals surface area contributed by atoms with E-state index in [1.807, 2.05) is 16.5 Å². The topological polar surface area (TPSA) is 73.4 Å². The number of amides is 1. The number of carbonyl (C=O) groups is 1. The molecule has 160 valence electrons. The summed E-state index contributed by atoms with van der Waals surface area (Å²) in [7, 11) is 0. The lowest BCUT2D eigenvalue weighted by Gasteiger charge is -2.45. The zero-order chi connectivity index (χ0) is 18.3. The Bertz CT molecular complexity index is 655. The third-order valence-corrected chi connectivity index (χ3v) is 6.69. The van der Waals surface area contributed by atoms with Crippen molar-refractivity contribution in [2.45, 2.75) is 64.6 Å². The molecule has 2 saturated carbocycles. The summed E-state index contributed by atoms with van der Waals surface area (Å²) in [6.07, 6.45) is 5.67. The number of carbonyl (C=O) groups excluding carboxylic acids is 1. The number of hydrogen-bond donors (Lipinski definition) is 1. The maximum atomic E-state index is 13.2. The molecule has 3 atom stereocenters. The monoisotopic (exact) mass is 432 g/mol. The third-order valence-electron chi connectivity index (χ3n) is 6.69. The van der Waals surface area contributed by atoms with Crippen LogP contribution in [-0.4, -0.2) is 52.4 Å². The maximum Gasteiger partial charge on any atom is 0.225 e. The molecule has 1 aromatic heterocycles. The lowest BCUT2D eigenvalue weighted by atomic mass is 9.65. The summed E-state index contributed by atoms with van der Waals surface area (Å²) in [6, 6.07) is 2.40. The minimum Gasteiger partial charge on any atom is -0.373 e. The first-order chi connectivity index (χ1) is 12.5. The largest absolute Gasteiger partial charge is 0.373 e. The van der Waals surface area contributed by atoms with E-state index in [-0.39, 0.29) is 36.8 Å². The van der Waals surface area contributed by atoms with Gasteiger partial charge in [0.05, 0.1) is 24.9 Å². The molecule has 1 aliphatic heterocycles. The van der Waals surface area contributed by atoms with E-state index in [0.29, 0.717) is 50.0 Å². The van der Waals surface area contributed by atoms with Gasteiger partial charge in [-0.15, -0.1) is 24.8 Å². The number of fused-ring (bicyclic) bond motifs is 2. The van der Waals surface area contributed by atoms with Crippen molar-refractivity contribution in [3.05, 3.63) is 17.5 Å². The summed E-state index contributed by atoms with van der Waals surface area (Å²) >= 11 is 0. The number of halogens is 2. The Balaban J connectivity index is 0.00000140. The molecule has 2 aliphatic carbocycles. The van der Waals surface area contributed by atoms with Crippen molar-refractivity contribution < 1.29 is 9.53 Å². The van der Waals surface area contributed by atoms with E-state index in [0.717, 1.165) is 24.2 Å². The summed E-state index contributed by atoms with van der Waals surface area (Å²) in [5.74, 6) is 1.58. The molecule has 8 heteroatoms. The van der Waals surface area contributed by atoms with E-state index >= 15 is 0 Å². The molecular weight excluding hydrogens is 399 g/mol. The van der Waals surface area contributed by atoms with Gasteiger partial charge in [0.25, 0.3) is 0 Å². The molecule has 6 nitrogen and oxygen atoms in total. The van der Waals surface area contributed by atoms with Gasteiger partial charge in [-0.05, 0) is 57.4 Å². The van der Waals surface area contributed by atoms with Crippen LogP contribution in [0.3, 0.4) is 0 Å². The van der Waals surface area contributed by atoms with E-state index < -0.39 is 0 Å². The fourth-order valence-corrected chi connectivity index (χ4v) is 5.33. The van der Waals surface area contributed by atoms with E-state index in [9.17, 15) is 4.79 Å². The Hall–Kier alpha value is -0.820. The quantitative estimate of drug-likeness (QED) is 0.796. The number of ether oxygens (including phenoxy) is 1. The van der Waals surface area contributed by atoms with Crippen LogP contribution in [0, 0.1) is 31.6 Å². The van der Waals surface area contributed by atoms with Crippen molar-refractivity contribution in [1.29, 1.82) is 0 Å². The first kappa shape index (κ1) is 23.5. The summed E-state index contributed by atoms with van der Waals surface area (Å²) < 4.78 is 7.93. The van der Waals surface area contributed by atoms with Crippen LogP contribution in [0.25, 0.3) is 0 Å². The highest BCUT2D eigenvalue weighted by Crippen LogP contribution is 2.42. The van der Waals surface area contributed by atoms with Crippen LogP contribution in [0.5, 0.6) is 0 Å². The Labute approximate surface area is 180 Å². The van der Waals surface area contributed by atoms with Gasteiger partial charge in [0, 0.05) is 30.7 Å². The van der Waals surface area contributed by atoms with Gasteiger partial charge in [-0.1, -0.05) is 6.42 Å². The minimum absolute atomic E-state index is 0. The Morgan fingerprint density at radius 2 is 1.93 bits per heavy atom. The second-order valence-electron chi connectivity index (χ2n) is 8.58. The fraction of sp³-hybridized carbons (Fsp3) is 0.800. The second-order valence-corrected chi connectivity index (χ2v) is 8.58. The minimum atomic E-state index is 0. The highest BCUT2D eigenvalue weighted by Gasteiger charge is 2.42. The molecule has 0 aromatic carbocycles. The van der Waals surface area contributed by atoms with Gasteiger partial charge in [-0.3, -0.25) is 9.48 Å². The van der Waals surface area contributed by atoms with Crippen LogP contribution in [0.1, 0.15) is 43.5 Å². The number of rotatable bonds is 3. The molecule has 3 fully saturated rings. The lowest BCUT2D eigenvalue weighted by Crippen LogP contribution is -2.53. The van der Waals surface area contributed by atoms with E-state index in [4.69, 9.17) is 10.5 Å².